The van der Waals surface area contributed by atoms with Crippen molar-refractivity contribution in [2.24, 2.45) is 0 Å². The van der Waals surface area contributed by atoms with Gasteiger partial charge < -0.3 is 20.7 Å². The van der Waals surface area contributed by atoms with Gasteiger partial charge in [-0.05, 0) is 49.3 Å². The number of rotatable bonds is 10. The van der Waals surface area contributed by atoms with E-state index in [9.17, 15) is 19.7 Å². The molecule has 3 aromatic rings. The molecule has 0 saturated heterocycles. The van der Waals surface area contributed by atoms with Gasteiger partial charge in [-0.15, -0.1) is 11.8 Å². The maximum Gasteiger partial charge on any atom is 0.408 e. The van der Waals surface area contributed by atoms with Crippen LogP contribution in [0.15, 0.2) is 96.0 Å². The summed E-state index contributed by atoms with van der Waals surface area (Å²) in [6.45, 7) is 5.29. The molecule has 0 fully saturated rings. The number of ether oxygens (including phenoxy) is 1. The fourth-order valence-corrected chi connectivity index (χ4v) is 5.38. The number of hydrogen-bond donors (Lipinski definition) is 3. The Hall–Kier alpha value is -4.31. The molecule has 3 aromatic carbocycles. The molecule has 0 bridgehead atoms. The van der Waals surface area contributed by atoms with Crippen molar-refractivity contribution < 1.29 is 19.2 Å². The number of non-ortho nitro benzene ring substituents is 1. The topological polar surface area (TPSA) is 123 Å². The molecule has 9 nitrogen and oxygen atoms in total. The third kappa shape index (κ3) is 8.84. The summed E-state index contributed by atoms with van der Waals surface area (Å²) in [5, 5.41) is 22.5. The summed E-state index contributed by atoms with van der Waals surface area (Å²) in [7, 11) is 0. The highest BCUT2D eigenvalue weighted by molar-refractivity contribution is 8.02. The number of alkyl carbamates (subject to hydrolysis) is 1. The summed E-state index contributed by atoms with van der Waals surface area (Å²) in [6.07, 6.45) is -0.0301. The van der Waals surface area contributed by atoms with Crippen molar-refractivity contribution in [1.82, 2.24) is 16.0 Å². The van der Waals surface area contributed by atoms with E-state index >= 15 is 0 Å². The Labute approximate surface area is 243 Å². The first kappa shape index (κ1) is 29.7. The van der Waals surface area contributed by atoms with Gasteiger partial charge in [0.25, 0.3) is 5.69 Å². The van der Waals surface area contributed by atoms with Crippen LogP contribution in [0.1, 0.15) is 42.8 Å². The van der Waals surface area contributed by atoms with Crippen LogP contribution < -0.4 is 16.0 Å². The van der Waals surface area contributed by atoms with Crippen molar-refractivity contribution in [3.8, 4) is 0 Å². The SMILES string of the molecule is CC(C)(C)OC(=O)N[C@@H](Cc1ccccc1)C(=O)N[C@@H](Cc1ccc([N+](=O)[O-])cc1)C1=CSC(c2ccccc2)N1. The standard InChI is InChI=1S/C31H34N4O5S/c1-31(2,3)40-30(37)34-26(19-21-10-6-4-7-11-21)28(36)32-25(18-22-14-16-24(17-15-22)35(38)39)27-20-41-29(33-27)23-12-8-5-9-13-23/h4-17,20,25-26,29,33H,18-19H2,1-3H3,(H,32,36)(H,34,37)/t25-,26-,29?/m0/s1. The zero-order chi connectivity index (χ0) is 29.4. The highest BCUT2D eigenvalue weighted by atomic mass is 32.2. The van der Waals surface area contributed by atoms with Crippen LogP contribution in [0.2, 0.25) is 0 Å². The van der Waals surface area contributed by atoms with E-state index in [1.165, 1.54) is 12.1 Å². The van der Waals surface area contributed by atoms with Crippen molar-refractivity contribution in [3.05, 3.63) is 123 Å². The van der Waals surface area contributed by atoms with Crippen LogP contribution in [0.3, 0.4) is 0 Å². The van der Waals surface area contributed by atoms with E-state index in [1.807, 2.05) is 66.1 Å². The Morgan fingerprint density at radius 2 is 1.54 bits per heavy atom. The number of amides is 2. The fourth-order valence-electron chi connectivity index (χ4n) is 4.34. The Kier molecular flexibility index (Phi) is 9.67. The number of carbonyl (C=O) groups excluding carboxylic acids is 2. The van der Waals surface area contributed by atoms with E-state index in [1.54, 1.807) is 44.7 Å². The highest BCUT2D eigenvalue weighted by Crippen LogP contribution is 2.35. The van der Waals surface area contributed by atoms with E-state index in [-0.39, 0.29) is 23.4 Å². The maximum absolute atomic E-state index is 13.8. The van der Waals surface area contributed by atoms with Gasteiger partial charge >= 0.3 is 6.09 Å². The van der Waals surface area contributed by atoms with Gasteiger partial charge in [0.15, 0.2) is 0 Å². The van der Waals surface area contributed by atoms with Gasteiger partial charge in [-0.25, -0.2) is 4.79 Å². The minimum Gasteiger partial charge on any atom is -0.444 e. The van der Waals surface area contributed by atoms with Crippen molar-refractivity contribution >= 4 is 29.4 Å². The van der Waals surface area contributed by atoms with Gasteiger partial charge in [-0.3, -0.25) is 14.9 Å². The summed E-state index contributed by atoms with van der Waals surface area (Å²) in [6, 6.07) is 24.3. The largest absolute Gasteiger partial charge is 0.444 e. The Balaban J connectivity index is 1.56. The van der Waals surface area contributed by atoms with Crippen LogP contribution >= 0.6 is 11.8 Å². The monoisotopic (exact) mass is 574 g/mol. The van der Waals surface area contributed by atoms with Gasteiger partial charge in [-0.2, -0.15) is 0 Å². The van der Waals surface area contributed by atoms with Crippen LogP contribution in [0.4, 0.5) is 10.5 Å². The molecule has 41 heavy (non-hydrogen) atoms. The highest BCUT2D eigenvalue weighted by Gasteiger charge is 2.30. The van der Waals surface area contributed by atoms with Crippen LogP contribution in [-0.2, 0) is 22.4 Å². The smallest absolute Gasteiger partial charge is 0.408 e. The molecule has 1 unspecified atom stereocenters. The molecule has 1 heterocycles. The van der Waals surface area contributed by atoms with E-state index in [2.05, 4.69) is 16.0 Å². The summed E-state index contributed by atoms with van der Waals surface area (Å²) < 4.78 is 5.44. The second kappa shape index (κ2) is 13.4. The summed E-state index contributed by atoms with van der Waals surface area (Å²) in [5.41, 5.74) is 2.88. The van der Waals surface area contributed by atoms with Crippen LogP contribution in [0, 0.1) is 10.1 Å². The Morgan fingerprint density at radius 3 is 2.15 bits per heavy atom. The zero-order valence-corrected chi connectivity index (χ0v) is 24.0. The number of carbonyl (C=O) groups is 2. The molecule has 10 heteroatoms. The number of nitro groups is 1. The fraction of sp³-hybridized carbons (Fsp3) is 0.290. The molecule has 0 saturated carbocycles. The first-order valence-electron chi connectivity index (χ1n) is 13.3. The first-order valence-corrected chi connectivity index (χ1v) is 14.3. The molecule has 0 radical (unpaired) electrons. The molecule has 3 atom stereocenters. The molecule has 1 aliphatic heterocycles. The number of nitrogens with zero attached hydrogens (tertiary/aromatic N) is 1. The zero-order valence-electron chi connectivity index (χ0n) is 23.2. The average molecular weight is 575 g/mol. The first-order chi connectivity index (χ1) is 19.6. The van der Waals surface area contributed by atoms with Gasteiger partial charge in [0, 0.05) is 24.3 Å². The van der Waals surface area contributed by atoms with Crippen molar-refractivity contribution in [3.63, 3.8) is 0 Å². The average Bonchev–Trinajstić information content (AvgIpc) is 3.43. The second-order valence-electron chi connectivity index (χ2n) is 10.7. The third-order valence-electron chi connectivity index (χ3n) is 6.30. The number of hydrogen-bond acceptors (Lipinski definition) is 7. The molecule has 0 spiro atoms. The predicted octanol–water partition coefficient (Wildman–Crippen LogP) is 5.63. The Morgan fingerprint density at radius 1 is 0.927 bits per heavy atom. The van der Waals surface area contributed by atoms with E-state index in [4.69, 9.17) is 4.74 Å². The lowest BCUT2D eigenvalue weighted by Gasteiger charge is -2.27. The molecule has 2 amide bonds. The normalized spacial score (nSPS) is 16.1. The molecule has 0 aliphatic carbocycles. The van der Waals surface area contributed by atoms with Gasteiger partial charge in [0.2, 0.25) is 5.91 Å². The number of nitrogens with one attached hydrogen (secondary N) is 3. The lowest BCUT2D eigenvalue weighted by molar-refractivity contribution is -0.384. The molecule has 1 aliphatic rings. The molecule has 4 rings (SSSR count). The van der Waals surface area contributed by atoms with E-state index in [0.29, 0.717) is 6.42 Å². The van der Waals surface area contributed by atoms with Gasteiger partial charge in [0.05, 0.1) is 11.0 Å². The summed E-state index contributed by atoms with van der Waals surface area (Å²) in [4.78, 5) is 37.2. The second-order valence-corrected chi connectivity index (χ2v) is 11.7. The lowest BCUT2D eigenvalue weighted by Crippen LogP contribution is -2.53. The van der Waals surface area contributed by atoms with Gasteiger partial charge in [0.1, 0.15) is 17.0 Å². The predicted molar refractivity (Wildman–Crippen MR) is 160 cm³/mol. The molecule has 3 N–H and O–H groups in total. The number of nitro benzene ring substituents is 1. The minimum absolute atomic E-state index is 0.00303. The minimum atomic E-state index is -0.897. The van der Waals surface area contributed by atoms with Gasteiger partial charge in [-0.1, -0.05) is 72.8 Å². The van der Waals surface area contributed by atoms with Crippen molar-refractivity contribution in [1.29, 1.82) is 0 Å². The summed E-state index contributed by atoms with van der Waals surface area (Å²) >= 11 is 1.60. The number of benzene rings is 3. The van der Waals surface area contributed by atoms with Crippen molar-refractivity contribution in [2.45, 2.75) is 56.7 Å². The van der Waals surface area contributed by atoms with Crippen LogP contribution in [0.5, 0.6) is 0 Å². The molecular weight excluding hydrogens is 540 g/mol. The van der Waals surface area contributed by atoms with E-state index in [0.717, 1.165) is 22.4 Å². The van der Waals surface area contributed by atoms with Crippen molar-refractivity contribution in [2.75, 3.05) is 0 Å². The third-order valence-corrected chi connectivity index (χ3v) is 7.35. The number of thioether (sulfide) groups is 1. The molecular formula is C31H34N4O5S. The van der Waals surface area contributed by atoms with Crippen LogP contribution in [0.25, 0.3) is 0 Å². The molecule has 214 valence electrons. The molecule has 0 aromatic heterocycles. The lowest BCUT2D eigenvalue weighted by atomic mass is 10.0. The Bertz CT molecular complexity index is 1380. The maximum atomic E-state index is 13.8. The van der Waals surface area contributed by atoms with E-state index < -0.39 is 28.7 Å². The quantitative estimate of drug-likeness (QED) is 0.212. The van der Waals surface area contributed by atoms with Crippen LogP contribution in [-0.4, -0.2) is 34.6 Å². The summed E-state index contributed by atoms with van der Waals surface area (Å²) in [5.74, 6) is -0.373.